The Balaban J connectivity index is 1.44. The summed E-state index contributed by atoms with van der Waals surface area (Å²) in [5, 5.41) is 7.31. The van der Waals surface area contributed by atoms with Crippen LogP contribution in [-0.2, 0) is 11.2 Å². The Morgan fingerprint density at radius 2 is 2.21 bits per heavy atom. The van der Waals surface area contributed by atoms with Crippen LogP contribution in [0.4, 0.5) is 0 Å². The van der Waals surface area contributed by atoms with E-state index in [9.17, 15) is 4.79 Å². The molecule has 0 spiro atoms. The van der Waals surface area contributed by atoms with E-state index in [-0.39, 0.29) is 5.91 Å². The fraction of sp³-hybridized carbons (Fsp3) is 0.500. The smallest absolute Gasteiger partial charge is 0.224 e. The van der Waals surface area contributed by atoms with Crippen LogP contribution in [-0.4, -0.2) is 57.2 Å². The van der Waals surface area contributed by atoms with Gasteiger partial charge in [0.05, 0.1) is 19.8 Å². The minimum absolute atomic E-state index is 0.0360. The summed E-state index contributed by atoms with van der Waals surface area (Å²) >= 11 is 0. The quantitative estimate of drug-likeness (QED) is 0.751. The van der Waals surface area contributed by atoms with Gasteiger partial charge in [0, 0.05) is 49.7 Å². The molecule has 0 unspecified atom stereocenters. The third-order valence-corrected chi connectivity index (χ3v) is 4.40. The van der Waals surface area contributed by atoms with Crippen molar-refractivity contribution < 1.29 is 13.9 Å². The number of hydrogen-bond acceptors (Lipinski definition) is 5. The van der Waals surface area contributed by atoms with Crippen molar-refractivity contribution in [2.75, 3.05) is 46.4 Å². The van der Waals surface area contributed by atoms with Crippen LogP contribution in [0.15, 0.2) is 28.9 Å². The van der Waals surface area contributed by atoms with Crippen LogP contribution in [0.2, 0.25) is 0 Å². The molecule has 1 aromatic heterocycles. The van der Waals surface area contributed by atoms with E-state index in [0.29, 0.717) is 13.0 Å². The summed E-state index contributed by atoms with van der Waals surface area (Å²) in [6.07, 6.45) is 2.98. The molecule has 1 aromatic carbocycles. The number of methoxy groups -OCH3 is 1. The molecule has 130 valence electrons. The van der Waals surface area contributed by atoms with Crippen molar-refractivity contribution in [1.29, 1.82) is 0 Å². The first-order valence-electron chi connectivity index (χ1n) is 8.50. The fourth-order valence-corrected chi connectivity index (χ4v) is 3.03. The van der Waals surface area contributed by atoms with Crippen molar-refractivity contribution in [1.82, 2.24) is 15.5 Å². The number of fused-ring (bicyclic) bond motifs is 1. The van der Waals surface area contributed by atoms with Gasteiger partial charge in [-0.1, -0.05) is 0 Å². The van der Waals surface area contributed by atoms with Gasteiger partial charge < -0.3 is 24.7 Å². The second-order valence-electron chi connectivity index (χ2n) is 6.09. The topological polar surface area (TPSA) is 66.7 Å². The van der Waals surface area contributed by atoms with E-state index in [1.165, 1.54) is 0 Å². The molecule has 1 aliphatic rings. The van der Waals surface area contributed by atoms with Gasteiger partial charge in [0.25, 0.3) is 0 Å². The maximum Gasteiger partial charge on any atom is 0.224 e. The Kier molecular flexibility index (Phi) is 5.72. The molecule has 1 aliphatic heterocycles. The first kappa shape index (κ1) is 16.8. The molecule has 3 rings (SSSR count). The van der Waals surface area contributed by atoms with Crippen molar-refractivity contribution in [2.45, 2.75) is 12.8 Å². The molecular weight excluding hydrogens is 306 g/mol. The normalized spacial score (nSPS) is 15.5. The second-order valence-corrected chi connectivity index (χ2v) is 6.09. The van der Waals surface area contributed by atoms with Gasteiger partial charge in [-0.25, -0.2) is 0 Å². The van der Waals surface area contributed by atoms with Gasteiger partial charge in [0.1, 0.15) is 11.3 Å². The Hall–Kier alpha value is -2.05. The molecule has 6 heteroatoms. The molecule has 0 atom stereocenters. The third kappa shape index (κ3) is 4.27. The number of carbonyl (C=O) groups is 1. The number of ether oxygens (including phenoxy) is 1. The molecule has 2 N–H and O–H groups in total. The number of rotatable bonds is 7. The molecule has 0 saturated carbocycles. The van der Waals surface area contributed by atoms with Crippen molar-refractivity contribution in [3.05, 3.63) is 30.0 Å². The molecule has 1 saturated heterocycles. The highest BCUT2D eigenvalue weighted by Crippen LogP contribution is 2.25. The SMILES string of the molecule is COc1ccc2c(CC(=O)NCCCN3CCNCC3)coc2c1. The summed E-state index contributed by atoms with van der Waals surface area (Å²) in [5.74, 6) is 0.787. The van der Waals surface area contributed by atoms with Gasteiger partial charge in [0.15, 0.2) is 0 Å². The van der Waals surface area contributed by atoms with E-state index in [4.69, 9.17) is 9.15 Å². The Bertz CT molecular complexity index is 677. The third-order valence-electron chi connectivity index (χ3n) is 4.40. The zero-order valence-corrected chi connectivity index (χ0v) is 14.1. The Morgan fingerprint density at radius 3 is 3.00 bits per heavy atom. The number of carbonyl (C=O) groups excluding carboxylic acids is 1. The summed E-state index contributed by atoms with van der Waals surface area (Å²) in [5.41, 5.74) is 1.66. The number of nitrogens with one attached hydrogen (secondary N) is 2. The van der Waals surface area contributed by atoms with Crippen molar-refractivity contribution in [3.8, 4) is 5.75 Å². The number of amides is 1. The average Bonchev–Trinajstić information content (AvgIpc) is 3.01. The number of hydrogen-bond donors (Lipinski definition) is 2. The van der Waals surface area contributed by atoms with Crippen LogP contribution in [0.3, 0.4) is 0 Å². The highest BCUT2D eigenvalue weighted by molar-refractivity contribution is 5.88. The standard InChI is InChI=1S/C18H25N3O3/c1-23-15-3-4-16-14(13-24-17(16)12-15)11-18(22)20-5-2-8-21-9-6-19-7-10-21/h3-4,12-13,19H,2,5-11H2,1H3,(H,20,22). The van der Waals surface area contributed by atoms with Crippen molar-refractivity contribution in [3.63, 3.8) is 0 Å². The van der Waals surface area contributed by atoms with Crippen LogP contribution in [0.5, 0.6) is 5.75 Å². The van der Waals surface area contributed by atoms with Gasteiger partial charge in [-0.05, 0) is 25.1 Å². The van der Waals surface area contributed by atoms with Crippen LogP contribution in [0, 0.1) is 0 Å². The van der Waals surface area contributed by atoms with E-state index in [1.807, 2.05) is 18.2 Å². The molecule has 1 fully saturated rings. The van der Waals surface area contributed by atoms with Crippen molar-refractivity contribution in [2.24, 2.45) is 0 Å². The second kappa shape index (κ2) is 8.17. The summed E-state index contributed by atoms with van der Waals surface area (Å²) in [6, 6.07) is 5.65. The Morgan fingerprint density at radius 1 is 1.38 bits per heavy atom. The maximum absolute atomic E-state index is 12.1. The summed E-state index contributed by atoms with van der Waals surface area (Å²) in [7, 11) is 1.62. The molecule has 1 amide bonds. The van der Waals surface area contributed by atoms with Gasteiger partial charge in [0.2, 0.25) is 5.91 Å². The summed E-state index contributed by atoms with van der Waals surface area (Å²) < 4.78 is 10.7. The van der Waals surface area contributed by atoms with E-state index >= 15 is 0 Å². The van der Waals surface area contributed by atoms with E-state index in [2.05, 4.69) is 15.5 Å². The highest BCUT2D eigenvalue weighted by atomic mass is 16.5. The molecule has 24 heavy (non-hydrogen) atoms. The van der Waals surface area contributed by atoms with Gasteiger partial charge in [-0.3, -0.25) is 4.79 Å². The maximum atomic E-state index is 12.1. The lowest BCUT2D eigenvalue weighted by Gasteiger charge is -2.27. The average molecular weight is 331 g/mol. The van der Waals surface area contributed by atoms with E-state index in [1.54, 1.807) is 13.4 Å². The first-order valence-corrected chi connectivity index (χ1v) is 8.50. The van der Waals surface area contributed by atoms with E-state index < -0.39 is 0 Å². The van der Waals surface area contributed by atoms with Gasteiger partial charge in [-0.15, -0.1) is 0 Å². The van der Waals surface area contributed by atoms with Crippen LogP contribution >= 0.6 is 0 Å². The molecular formula is C18H25N3O3. The Labute approximate surface area is 142 Å². The molecule has 0 bridgehead atoms. The molecule has 0 aliphatic carbocycles. The lowest BCUT2D eigenvalue weighted by molar-refractivity contribution is -0.120. The highest BCUT2D eigenvalue weighted by Gasteiger charge is 2.12. The number of furan rings is 1. The molecule has 2 aromatic rings. The minimum Gasteiger partial charge on any atom is -0.497 e. The lowest BCUT2D eigenvalue weighted by Crippen LogP contribution is -2.44. The largest absolute Gasteiger partial charge is 0.497 e. The lowest BCUT2D eigenvalue weighted by atomic mass is 10.1. The zero-order valence-electron chi connectivity index (χ0n) is 14.1. The monoisotopic (exact) mass is 331 g/mol. The molecule has 2 heterocycles. The number of piperazine rings is 1. The van der Waals surface area contributed by atoms with E-state index in [0.717, 1.165) is 61.4 Å². The summed E-state index contributed by atoms with van der Waals surface area (Å²) in [6.45, 7) is 6.06. The fourth-order valence-electron chi connectivity index (χ4n) is 3.03. The minimum atomic E-state index is 0.0360. The molecule has 6 nitrogen and oxygen atoms in total. The van der Waals surface area contributed by atoms with Gasteiger partial charge >= 0.3 is 0 Å². The predicted octanol–water partition coefficient (Wildman–Crippen LogP) is 1.40. The molecule has 0 radical (unpaired) electrons. The van der Waals surface area contributed by atoms with Crippen LogP contribution in [0.25, 0.3) is 11.0 Å². The van der Waals surface area contributed by atoms with Crippen LogP contribution in [0.1, 0.15) is 12.0 Å². The van der Waals surface area contributed by atoms with Crippen molar-refractivity contribution >= 4 is 16.9 Å². The number of nitrogens with zero attached hydrogens (tertiary/aromatic N) is 1. The predicted molar refractivity (Wildman–Crippen MR) is 93.4 cm³/mol. The summed E-state index contributed by atoms with van der Waals surface area (Å²) in [4.78, 5) is 14.6. The van der Waals surface area contributed by atoms with Crippen LogP contribution < -0.4 is 15.4 Å². The zero-order chi connectivity index (χ0) is 16.8. The van der Waals surface area contributed by atoms with Gasteiger partial charge in [-0.2, -0.15) is 0 Å². The first-order chi connectivity index (χ1) is 11.8. The number of benzene rings is 1.